The van der Waals surface area contributed by atoms with E-state index >= 15 is 0 Å². The smallest absolute Gasteiger partial charge is 0.251 e. The van der Waals surface area contributed by atoms with Gasteiger partial charge in [-0.15, -0.1) is 0 Å². The van der Waals surface area contributed by atoms with Crippen LogP contribution in [0.3, 0.4) is 0 Å². The largest absolute Gasteiger partial charge is 0.276 e. The Morgan fingerprint density at radius 2 is 1.07 bits per heavy atom. The first-order valence-electron chi connectivity index (χ1n) is 7.48. The van der Waals surface area contributed by atoms with E-state index in [-0.39, 0.29) is 0 Å². The Morgan fingerprint density at radius 3 is 1.48 bits per heavy atom. The maximum absolute atomic E-state index is 13.1. The molecule has 0 atom stereocenters. The fourth-order valence-corrected chi connectivity index (χ4v) is 6.83. The van der Waals surface area contributed by atoms with Gasteiger partial charge in [0.15, 0.2) is 0 Å². The summed E-state index contributed by atoms with van der Waals surface area (Å²) < 4.78 is 26.0. The monoisotopic (exact) mass is 454 g/mol. The predicted molar refractivity (Wildman–Crippen MR) is 112 cm³/mol. The van der Waals surface area contributed by atoms with Gasteiger partial charge < -0.3 is 0 Å². The molecule has 0 spiro atoms. The summed E-state index contributed by atoms with van der Waals surface area (Å²) in [6.45, 7) is 0. The lowest BCUT2D eigenvalue weighted by atomic mass is 10.2. The van der Waals surface area contributed by atoms with E-state index in [1.165, 1.54) is 12.1 Å². The normalized spacial score (nSPS) is 11.9. The van der Waals surface area contributed by atoms with Gasteiger partial charge >= 0.3 is 0 Å². The average Bonchev–Trinajstić information content (AvgIpc) is 2.60. The zero-order chi connectivity index (χ0) is 19.3. The standard InChI is InChI=1S/C18H8Cl2O4S3/c19-11-3-1-9-5-15(17(21)25-13(9)7-11)27(23,24)16-6-10-2-4-12(20)8-14(10)26-18(16)22/h1-8H. The van der Waals surface area contributed by atoms with Crippen LogP contribution in [0.2, 0.25) is 10.0 Å². The summed E-state index contributed by atoms with van der Waals surface area (Å²) in [4.78, 5) is 24.1. The van der Waals surface area contributed by atoms with Crippen LogP contribution < -0.4 is 9.48 Å². The van der Waals surface area contributed by atoms with Gasteiger partial charge in [-0.25, -0.2) is 8.42 Å². The SMILES string of the molecule is O=c1sc2cc(Cl)ccc2cc1S(=O)(=O)c1cc2ccc(Cl)cc2sc1=O. The fraction of sp³-hybridized carbons (Fsp3) is 0. The Bertz CT molecular complexity index is 1350. The lowest BCUT2D eigenvalue weighted by Gasteiger charge is -2.06. The molecule has 0 amide bonds. The van der Waals surface area contributed by atoms with E-state index in [1.807, 2.05) is 0 Å². The van der Waals surface area contributed by atoms with Crippen molar-refractivity contribution in [3.8, 4) is 0 Å². The third-order valence-electron chi connectivity index (χ3n) is 3.91. The van der Waals surface area contributed by atoms with Crippen molar-refractivity contribution >= 4 is 75.9 Å². The van der Waals surface area contributed by atoms with Crippen molar-refractivity contribution in [1.82, 2.24) is 0 Å². The summed E-state index contributed by atoms with van der Waals surface area (Å²) in [5.41, 5.74) is 0. The Balaban J connectivity index is 1.99. The Labute approximate surface area is 171 Å². The molecular weight excluding hydrogens is 447 g/mol. The summed E-state index contributed by atoms with van der Waals surface area (Å²) >= 11 is 13.4. The molecule has 136 valence electrons. The molecule has 0 N–H and O–H groups in total. The zero-order valence-electron chi connectivity index (χ0n) is 13.2. The van der Waals surface area contributed by atoms with Crippen LogP contribution >= 0.6 is 45.9 Å². The number of hydrogen-bond donors (Lipinski definition) is 0. The number of hydrogen-bond acceptors (Lipinski definition) is 6. The van der Waals surface area contributed by atoms with Crippen LogP contribution in [0.1, 0.15) is 0 Å². The first-order valence-corrected chi connectivity index (χ1v) is 11.3. The van der Waals surface area contributed by atoms with Crippen molar-refractivity contribution in [3.05, 3.63) is 77.7 Å². The number of fused-ring (bicyclic) bond motifs is 2. The third-order valence-corrected chi connectivity index (χ3v) is 8.36. The zero-order valence-corrected chi connectivity index (χ0v) is 17.2. The van der Waals surface area contributed by atoms with Gasteiger partial charge in [-0.3, -0.25) is 9.59 Å². The van der Waals surface area contributed by atoms with Crippen LogP contribution in [0.25, 0.3) is 20.2 Å². The van der Waals surface area contributed by atoms with E-state index in [9.17, 15) is 18.0 Å². The molecule has 27 heavy (non-hydrogen) atoms. The second-order valence-corrected chi connectivity index (χ2v) is 10.5. The summed E-state index contributed by atoms with van der Waals surface area (Å²) in [6.07, 6.45) is 0. The summed E-state index contributed by atoms with van der Waals surface area (Å²) in [6, 6.07) is 12.3. The molecule has 4 aromatic rings. The maximum atomic E-state index is 13.1. The lowest BCUT2D eigenvalue weighted by Crippen LogP contribution is -2.18. The van der Waals surface area contributed by atoms with Gasteiger partial charge in [0.2, 0.25) is 9.84 Å². The Morgan fingerprint density at radius 1 is 0.667 bits per heavy atom. The van der Waals surface area contributed by atoms with Gasteiger partial charge in [-0.05, 0) is 47.2 Å². The van der Waals surface area contributed by atoms with Crippen molar-refractivity contribution < 1.29 is 8.42 Å². The van der Waals surface area contributed by atoms with E-state index in [1.54, 1.807) is 36.4 Å². The summed E-state index contributed by atoms with van der Waals surface area (Å²) in [5.74, 6) is 0. The van der Waals surface area contributed by atoms with Crippen LogP contribution in [-0.4, -0.2) is 8.42 Å². The molecule has 0 fully saturated rings. The van der Waals surface area contributed by atoms with Crippen LogP contribution in [-0.2, 0) is 9.84 Å². The molecule has 0 saturated carbocycles. The fourth-order valence-electron chi connectivity index (χ4n) is 2.63. The minimum atomic E-state index is -4.27. The van der Waals surface area contributed by atoms with Gasteiger partial charge in [0, 0.05) is 19.4 Å². The molecule has 2 aromatic carbocycles. The van der Waals surface area contributed by atoms with E-state index < -0.39 is 29.1 Å². The molecule has 0 radical (unpaired) electrons. The molecule has 2 heterocycles. The topological polar surface area (TPSA) is 68.3 Å². The minimum Gasteiger partial charge on any atom is -0.276 e. The van der Waals surface area contributed by atoms with Crippen molar-refractivity contribution in [1.29, 1.82) is 0 Å². The maximum Gasteiger partial charge on any atom is 0.251 e. The quantitative estimate of drug-likeness (QED) is 0.428. The average molecular weight is 455 g/mol. The van der Waals surface area contributed by atoms with Crippen LogP contribution in [0.5, 0.6) is 0 Å². The molecule has 4 rings (SSSR count). The predicted octanol–water partition coefficient (Wildman–Crippen LogP) is 4.98. The number of rotatable bonds is 2. The molecule has 4 nitrogen and oxygen atoms in total. The molecule has 0 saturated heterocycles. The molecule has 0 bridgehead atoms. The highest BCUT2D eigenvalue weighted by molar-refractivity contribution is 7.91. The van der Waals surface area contributed by atoms with Crippen molar-refractivity contribution in [2.75, 3.05) is 0 Å². The summed E-state index contributed by atoms with van der Waals surface area (Å²) in [5, 5.41) is 2.02. The van der Waals surface area contributed by atoms with Gasteiger partial charge in [0.05, 0.1) is 0 Å². The van der Waals surface area contributed by atoms with E-state index in [4.69, 9.17) is 23.2 Å². The molecule has 0 unspecified atom stereocenters. The van der Waals surface area contributed by atoms with Crippen molar-refractivity contribution in [2.45, 2.75) is 9.79 Å². The molecular formula is C18H8Cl2O4S3. The van der Waals surface area contributed by atoms with E-state index in [0.717, 1.165) is 22.7 Å². The summed E-state index contributed by atoms with van der Waals surface area (Å²) in [7, 11) is -4.27. The first kappa shape index (κ1) is 18.6. The first-order chi connectivity index (χ1) is 12.8. The Hall–Kier alpha value is -1.77. The van der Waals surface area contributed by atoms with Gasteiger partial charge in [-0.2, -0.15) is 0 Å². The van der Waals surface area contributed by atoms with Crippen molar-refractivity contribution in [3.63, 3.8) is 0 Å². The number of sulfone groups is 1. The molecule has 0 aliphatic carbocycles. The van der Waals surface area contributed by atoms with Crippen molar-refractivity contribution in [2.24, 2.45) is 0 Å². The minimum absolute atomic E-state index is 0.417. The lowest BCUT2D eigenvalue weighted by molar-refractivity contribution is 0.595. The molecule has 9 heteroatoms. The molecule has 2 aromatic heterocycles. The molecule has 0 aliphatic rings. The van der Waals surface area contributed by atoms with Gasteiger partial charge in [0.1, 0.15) is 9.79 Å². The van der Waals surface area contributed by atoms with Gasteiger partial charge in [-0.1, -0.05) is 58.0 Å². The number of halogens is 2. The van der Waals surface area contributed by atoms with E-state index in [2.05, 4.69) is 0 Å². The van der Waals surface area contributed by atoms with Crippen LogP contribution in [0.4, 0.5) is 0 Å². The number of benzene rings is 2. The second kappa shape index (κ2) is 6.68. The van der Waals surface area contributed by atoms with Crippen LogP contribution in [0.15, 0.2) is 67.9 Å². The highest BCUT2D eigenvalue weighted by Crippen LogP contribution is 2.28. The highest BCUT2D eigenvalue weighted by atomic mass is 35.5. The van der Waals surface area contributed by atoms with E-state index in [0.29, 0.717) is 30.2 Å². The molecule has 0 aliphatic heterocycles. The van der Waals surface area contributed by atoms with Crippen LogP contribution in [0, 0.1) is 0 Å². The third kappa shape index (κ3) is 3.30. The second-order valence-electron chi connectivity index (χ2n) is 5.66. The van der Waals surface area contributed by atoms with Gasteiger partial charge in [0.25, 0.3) is 9.48 Å². The highest BCUT2D eigenvalue weighted by Gasteiger charge is 2.26. The Kier molecular flexibility index (Phi) is 4.60.